The maximum absolute atomic E-state index is 12.8. The van der Waals surface area contributed by atoms with Gasteiger partial charge < -0.3 is 10.2 Å². The van der Waals surface area contributed by atoms with Gasteiger partial charge in [0.05, 0.1) is 0 Å². The standard InChI is InChI=1S/C16H22N2O2S/c1-3-7-13-15(19)17-14(12-8-5-4-6-9-12)16(20)18(13)10-11-21-2/h4-6,8-9,13-14H,3,7,10-11H2,1-2H3,(H,17,19). The lowest BCUT2D eigenvalue weighted by molar-refractivity contribution is -0.149. The van der Waals surface area contributed by atoms with Gasteiger partial charge in [-0.3, -0.25) is 9.59 Å². The molecule has 0 aromatic heterocycles. The van der Waals surface area contributed by atoms with Gasteiger partial charge in [-0.15, -0.1) is 0 Å². The Morgan fingerprint density at radius 1 is 1.24 bits per heavy atom. The Balaban J connectivity index is 2.24. The highest BCUT2D eigenvalue weighted by atomic mass is 32.2. The molecule has 1 fully saturated rings. The summed E-state index contributed by atoms with van der Waals surface area (Å²) in [6, 6.07) is 8.58. The molecule has 2 rings (SSSR count). The van der Waals surface area contributed by atoms with Crippen molar-refractivity contribution in [3.63, 3.8) is 0 Å². The maximum atomic E-state index is 12.8. The van der Waals surface area contributed by atoms with E-state index < -0.39 is 6.04 Å². The van der Waals surface area contributed by atoms with Crippen molar-refractivity contribution in [1.82, 2.24) is 10.2 Å². The number of rotatable bonds is 6. The van der Waals surface area contributed by atoms with Crippen LogP contribution in [0.1, 0.15) is 31.4 Å². The number of amides is 2. The number of hydrogen-bond acceptors (Lipinski definition) is 3. The summed E-state index contributed by atoms with van der Waals surface area (Å²) in [5.41, 5.74) is 0.847. The molecule has 2 unspecified atom stereocenters. The first-order valence-corrected chi connectivity index (χ1v) is 8.73. The Morgan fingerprint density at radius 2 is 1.95 bits per heavy atom. The van der Waals surface area contributed by atoms with Crippen LogP contribution in [0.3, 0.4) is 0 Å². The van der Waals surface area contributed by atoms with Crippen LogP contribution in [0.15, 0.2) is 30.3 Å². The number of nitrogens with one attached hydrogen (secondary N) is 1. The number of nitrogens with zero attached hydrogens (tertiary/aromatic N) is 1. The zero-order chi connectivity index (χ0) is 15.2. The molecule has 1 aliphatic heterocycles. The van der Waals surface area contributed by atoms with Gasteiger partial charge >= 0.3 is 0 Å². The van der Waals surface area contributed by atoms with Crippen molar-refractivity contribution >= 4 is 23.6 Å². The van der Waals surface area contributed by atoms with E-state index in [1.54, 1.807) is 16.7 Å². The SMILES string of the molecule is CCCC1C(=O)NC(c2ccccc2)C(=O)N1CCSC. The van der Waals surface area contributed by atoms with Crippen LogP contribution in [0.5, 0.6) is 0 Å². The van der Waals surface area contributed by atoms with E-state index in [0.717, 1.165) is 17.7 Å². The van der Waals surface area contributed by atoms with E-state index in [9.17, 15) is 9.59 Å². The quantitative estimate of drug-likeness (QED) is 0.877. The topological polar surface area (TPSA) is 49.4 Å². The molecule has 2 atom stereocenters. The Bertz CT molecular complexity index is 492. The van der Waals surface area contributed by atoms with Crippen LogP contribution in [0.25, 0.3) is 0 Å². The van der Waals surface area contributed by atoms with Crippen LogP contribution in [0.2, 0.25) is 0 Å². The summed E-state index contributed by atoms with van der Waals surface area (Å²) in [4.78, 5) is 26.9. The number of thioether (sulfide) groups is 1. The van der Waals surface area contributed by atoms with E-state index >= 15 is 0 Å². The molecular weight excluding hydrogens is 284 g/mol. The molecule has 1 saturated heterocycles. The molecule has 1 aliphatic rings. The van der Waals surface area contributed by atoms with E-state index in [0.29, 0.717) is 13.0 Å². The number of benzene rings is 1. The normalized spacial score (nSPS) is 22.3. The molecule has 1 N–H and O–H groups in total. The highest BCUT2D eigenvalue weighted by molar-refractivity contribution is 7.98. The van der Waals surface area contributed by atoms with Gasteiger partial charge in [-0.2, -0.15) is 11.8 Å². The first kappa shape index (κ1) is 15.9. The summed E-state index contributed by atoms with van der Waals surface area (Å²) in [6.07, 6.45) is 3.61. The fourth-order valence-corrected chi connectivity index (χ4v) is 3.03. The molecule has 4 nitrogen and oxygen atoms in total. The number of carbonyl (C=O) groups excluding carboxylic acids is 2. The fraction of sp³-hybridized carbons (Fsp3) is 0.500. The minimum absolute atomic E-state index is 0.00769. The van der Waals surface area contributed by atoms with Crippen molar-refractivity contribution in [2.24, 2.45) is 0 Å². The second-order valence-corrected chi connectivity index (χ2v) is 6.17. The third-order valence-electron chi connectivity index (χ3n) is 3.73. The summed E-state index contributed by atoms with van der Waals surface area (Å²) in [5.74, 6) is 0.820. The Kier molecular flexibility index (Phi) is 5.67. The fourth-order valence-electron chi connectivity index (χ4n) is 2.65. The molecule has 114 valence electrons. The molecule has 5 heteroatoms. The van der Waals surface area contributed by atoms with E-state index in [1.165, 1.54) is 0 Å². The molecule has 1 aromatic rings. The molecule has 0 spiro atoms. The van der Waals surface area contributed by atoms with Gasteiger partial charge in [0.25, 0.3) is 5.91 Å². The minimum atomic E-state index is -0.548. The third kappa shape index (κ3) is 3.59. The Labute approximate surface area is 130 Å². The van der Waals surface area contributed by atoms with E-state index in [4.69, 9.17) is 0 Å². The minimum Gasteiger partial charge on any atom is -0.339 e. The van der Waals surface area contributed by atoms with Crippen LogP contribution in [0.4, 0.5) is 0 Å². The van der Waals surface area contributed by atoms with Crippen LogP contribution in [-0.2, 0) is 9.59 Å². The molecular formula is C16H22N2O2S. The van der Waals surface area contributed by atoms with Gasteiger partial charge in [0, 0.05) is 12.3 Å². The van der Waals surface area contributed by atoms with Crippen molar-refractivity contribution in [3.8, 4) is 0 Å². The summed E-state index contributed by atoms with van der Waals surface area (Å²) in [7, 11) is 0. The summed E-state index contributed by atoms with van der Waals surface area (Å²) >= 11 is 1.69. The lowest BCUT2D eigenvalue weighted by Crippen LogP contribution is -2.60. The highest BCUT2D eigenvalue weighted by Crippen LogP contribution is 2.24. The predicted molar refractivity (Wildman–Crippen MR) is 86.1 cm³/mol. The first-order chi connectivity index (χ1) is 10.2. The third-order valence-corrected chi connectivity index (χ3v) is 4.32. The lowest BCUT2D eigenvalue weighted by atomic mass is 9.98. The molecule has 21 heavy (non-hydrogen) atoms. The molecule has 1 heterocycles. The van der Waals surface area contributed by atoms with Crippen LogP contribution >= 0.6 is 11.8 Å². The van der Waals surface area contributed by atoms with Crippen molar-refractivity contribution < 1.29 is 9.59 Å². The van der Waals surface area contributed by atoms with E-state index in [-0.39, 0.29) is 17.9 Å². The zero-order valence-corrected chi connectivity index (χ0v) is 13.4. The monoisotopic (exact) mass is 306 g/mol. The van der Waals surface area contributed by atoms with Crippen LogP contribution in [-0.4, -0.2) is 41.3 Å². The van der Waals surface area contributed by atoms with Gasteiger partial charge in [-0.1, -0.05) is 43.7 Å². The highest BCUT2D eigenvalue weighted by Gasteiger charge is 2.40. The molecule has 0 saturated carbocycles. The molecule has 1 aromatic carbocycles. The lowest BCUT2D eigenvalue weighted by Gasteiger charge is -2.39. The number of carbonyl (C=O) groups is 2. The van der Waals surface area contributed by atoms with Crippen molar-refractivity contribution in [2.45, 2.75) is 31.8 Å². The van der Waals surface area contributed by atoms with Gasteiger partial charge in [0.2, 0.25) is 5.91 Å². The molecule has 2 amide bonds. The average Bonchev–Trinajstić information content (AvgIpc) is 2.51. The molecule has 0 aliphatic carbocycles. The predicted octanol–water partition coefficient (Wildman–Crippen LogP) is 2.22. The van der Waals surface area contributed by atoms with Gasteiger partial charge in [0.15, 0.2) is 0 Å². The summed E-state index contributed by atoms with van der Waals surface area (Å²) in [5, 5.41) is 2.89. The second-order valence-electron chi connectivity index (χ2n) is 5.18. The molecule has 0 bridgehead atoms. The molecule has 0 radical (unpaired) electrons. The summed E-state index contributed by atoms with van der Waals surface area (Å²) < 4.78 is 0. The Morgan fingerprint density at radius 3 is 2.57 bits per heavy atom. The van der Waals surface area contributed by atoms with Gasteiger partial charge in [-0.05, 0) is 18.2 Å². The number of piperazine rings is 1. The van der Waals surface area contributed by atoms with Crippen LogP contribution in [0, 0.1) is 0 Å². The van der Waals surface area contributed by atoms with Gasteiger partial charge in [-0.25, -0.2) is 0 Å². The summed E-state index contributed by atoms with van der Waals surface area (Å²) in [6.45, 7) is 2.66. The smallest absolute Gasteiger partial charge is 0.250 e. The van der Waals surface area contributed by atoms with E-state index in [1.807, 2.05) is 43.5 Å². The first-order valence-electron chi connectivity index (χ1n) is 7.33. The van der Waals surface area contributed by atoms with E-state index in [2.05, 4.69) is 5.32 Å². The largest absolute Gasteiger partial charge is 0.339 e. The van der Waals surface area contributed by atoms with Crippen LogP contribution < -0.4 is 5.32 Å². The zero-order valence-electron chi connectivity index (χ0n) is 12.5. The number of hydrogen-bond donors (Lipinski definition) is 1. The Hall–Kier alpha value is -1.49. The second kappa shape index (κ2) is 7.50. The maximum Gasteiger partial charge on any atom is 0.250 e. The van der Waals surface area contributed by atoms with Crippen molar-refractivity contribution in [3.05, 3.63) is 35.9 Å². The average molecular weight is 306 g/mol. The van der Waals surface area contributed by atoms with Gasteiger partial charge in [0.1, 0.15) is 12.1 Å². The van der Waals surface area contributed by atoms with Crippen molar-refractivity contribution in [2.75, 3.05) is 18.6 Å². The van der Waals surface area contributed by atoms with Crippen molar-refractivity contribution in [1.29, 1.82) is 0 Å².